The highest BCUT2D eigenvalue weighted by molar-refractivity contribution is 7.99. The van der Waals surface area contributed by atoms with Gasteiger partial charge in [-0.3, -0.25) is 4.79 Å². The molecule has 150 valence electrons. The number of alkyl halides is 3. The first kappa shape index (κ1) is 20.5. The van der Waals surface area contributed by atoms with Crippen molar-refractivity contribution in [3.8, 4) is 16.9 Å². The van der Waals surface area contributed by atoms with Gasteiger partial charge >= 0.3 is 12.1 Å². The highest BCUT2D eigenvalue weighted by atomic mass is 32.2. The molecule has 2 atom stereocenters. The quantitative estimate of drug-likeness (QED) is 0.621. The molecular weight excluding hydrogens is 391 g/mol. The second-order valence-corrected chi connectivity index (χ2v) is 8.58. The summed E-state index contributed by atoms with van der Waals surface area (Å²) in [5.41, 5.74) is 0.251. The fourth-order valence-electron chi connectivity index (χ4n) is 2.80. The Morgan fingerprint density at radius 1 is 1.32 bits per heavy atom. The van der Waals surface area contributed by atoms with E-state index in [0.717, 1.165) is 12.3 Å². The van der Waals surface area contributed by atoms with E-state index in [1.54, 1.807) is 24.3 Å². The summed E-state index contributed by atoms with van der Waals surface area (Å²) in [6.07, 6.45) is -2.99. The largest absolute Gasteiger partial charge is 0.493 e. The number of ether oxygens (including phenoxy) is 1. The molecule has 0 amide bonds. The van der Waals surface area contributed by atoms with Gasteiger partial charge in [0.25, 0.3) is 0 Å². The van der Waals surface area contributed by atoms with Gasteiger partial charge in [0.1, 0.15) is 10.8 Å². The van der Waals surface area contributed by atoms with E-state index in [0.29, 0.717) is 34.9 Å². The molecule has 1 fully saturated rings. The molecule has 2 aromatic rings. The van der Waals surface area contributed by atoms with Crippen LogP contribution in [-0.4, -0.2) is 27.9 Å². The summed E-state index contributed by atoms with van der Waals surface area (Å²) in [6, 6.07) is 7.86. The summed E-state index contributed by atoms with van der Waals surface area (Å²) in [6.45, 7) is 4.22. The summed E-state index contributed by atoms with van der Waals surface area (Å²) < 4.78 is 44.9. The second kappa shape index (κ2) is 8.03. The molecule has 1 aromatic heterocycles. The number of benzene rings is 1. The van der Waals surface area contributed by atoms with Crippen molar-refractivity contribution in [2.24, 2.45) is 11.8 Å². The lowest BCUT2D eigenvalue weighted by Gasteiger charge is -2.14. The molecule has 0 spiro atoms. The third-order valence-corrected chi connectivity index (χ3v) is 5.41. The molecule has 1 N–H and O–H groups in total. The highest BCUT2D eigenvalue weighted by Gasteiger charge is 2.43. The van der Waals surface area contributed by atoms with Gasteiger partial charge in [-0.05, 0) is 30.2 Å². The smallest absolute Gasteiger partial charge is 0.417 e. The van der Waals surface area contributed by atoms with Gasteiger partial charge in [-0.25, -0.2) is 4.98 Å². The Morgan fingerprint density at radius 2 is 2.00 bits per heavy atom. The van der Waals surface area contributed by atoms with Crippen molar-refractivity contribution in [1.29, 1.82) is 0 Å². The number of rotatable bonds is 7. The molecule has 0 bridgehead atoms. The fraction of sp³-hybridized carbons (Fsp3) is 0.400. The Balaban J connectivity index is 1.78. The lowest BCUT2D eigenvalue weighted by atomic mass is 10.1. The number of carbonyl (C=O) groups is 1. The first-order chi connectivity index (χ1) is 13.1. The number of hydrogen-bond acceptors (Lipinski definition) is 4. The van der Waals surface area contributed by atoms with Crippen molar-refractivity contribution in [3.63, 3.8) is 0 Å². The number of carboxylic acid groups (broad SMARTS) is 1. The Morgan fingerprint density at radius 3 is 2.54 bits per heavy atom. The molecule has 0 radical (unpaired) electrons. The SMILES string of the molecule is CC(C)Sc1ncc(C(F)(F)F)cc1-c1ccc(OC[C@@H]2C[C@H]2C(=O)O)cc1. The molecule has 0 aliphatic heterocycles. The van der Waals surface area contributed by atoms with Gasteiger partial charge in [-0.2, -0.15) is 13.2 Å². The van der Waals surface area contributed by atoms with Crippen molar-refractivity contribution in [1.82, 2.24) is 4.98 Å². The number of pyridine rings is 1. The normalized spacial score (nSPS) is 18.9. The van der Waals surface area contributed by atoms with E-state index in [-0.39, 0.29) is 17.1 Å². The van der Waals surface area contributed by atoms with Crippen LogP contribution < -0.4 is 4.74 Å². The van der Waals surface area contributed by atoms with Gasteiger partial charge in [0.05, 0.1) is 18.1 Å². The van der Waals surface area contributed by atoms with E-state index in [1.165, 1.54) is 11.8 Å². The highest BCUT2D eigenvalue weighted by Crippen LogP contribution is 2.40. The van der Waals surface area contributed by atoms with E-state index >= 15 is 0 Å². The summed E-state index contributed by atoms with van der Waals surface area (Å²) in [4.78, 5) is 14.9. The van der Waals surface area contributed by atoms with Gasteiger partial charge in [0.2, 0.25) is 0 Å². The first-order valence-corrected chi connectivity index (χ1v) is 9.73. The topological polar surface area (TPSA) is 59.4 Å². The molecule has 1 aliphatic carbocycles. The molecule has 4 nitrogen and oxygen atoms in total. The Hall–Kier alpha value is -2.22. The third-order valence-electron chi connectivity index (χ3n) is 4.39. The number of nitrogens with zero attached hydrogens (tertiary/aromatic N) is 1. The maximum atomic E-state index is 13.1. The van der Waals surface area contributed by atoms with Crippen LogP contribution in [0.15, 0.2) is 41.6 Å². The molecule has 0 saturated heterocycles. The standard InChI is InChI=1S/C20H20F3NO3S/c1-11(2)28-18-16(8-14(9-24-18)20(21,22)23)12-3-5-15(6-4-12)27-10-13-7-17(13)19(25)26/h3-6,8-9,11,13,17H,7,10H2,1-2H3,(H,25,26)/t13-,17+/m0/s1. The molecule has 3 rings (SSSR count). The minimum Gasteiger partial charge on any atom is -0.493 e. The molecule has 8 heteroatoms. The molecule has 0 unspecified atom stereocenters. The number of aliphatic carboxylic acids is 1. The summed E-state index contributed by atoms with van der Waals surface area (Å²) in [7, 11) is 0. The average Bonchev–Trinajstić information content (AvgIpc) is 3.39. The number of carboxylic acids is 1. The van der Waals surface area contributed by atoms with Crippen molar-refractivity contribution in [2.75, 3.05) is 6.61 Å². The number of halogens is 3. The van der Waals surface area contributed by atoms with Crippen molar-refractivity contribution < 1.29 is 27.8 Å². The summed E-state index contributed by atoms with van der Waals surface area (Å²) in [5.74, 6) is -0.584. The zero-order valence-electron chi connectivity index (χ0n) is 15.4. The molecule has 28 heavy (non-hydrogen) atoms. The Kier molecular flexibility index (Phi) is 5.88. The zero-order chi connectivity index (χ0) is 20.5. The van der Waals surface area contributed by atoms with Crippen molar-refractivity contribution >= 4 is 17.7 Å². The number of aromatic nitrogens is 1. The third kappa shape index (κ3) is 4.98. The van der Waals surface area contributed by atoms with Crippen LogP contribution in [0.2, 0.25) is 0 Å². The molecule has 1 aliphatic rings. The van der Waals surface area contributed by atoms with Crippen LogP contribution in [0.5, 0.6) is 5.75 Å². The van der Waals surface area contributed by atoms with Gasteiger partial charge < -0.3 is 9.84 Å². The van der Waals surface area contributed by atoms with Crippen LogP contribution in [0.4, 0.5) is 13.2 Å². The van der Waals surface area contributed by atoms with Crippen molar-refractivity contribution in [3.05, 3.63) is 42.1 Å². The zero-order valence-corrected chi connectivity index (χ0v) is 16.2. The monoisotopic (exact) mass is 411 g/mol. The van der Waals surface area contributed by atoms with Gasteiger partial charge in [0.15, 0.2) is 0 Å². The predicted molar refractivity (Wildman–Crippen MR) is 100 cm³/mol. The van der Waals surface area contributed by atoms with E-state index in [4.69, 9.17) is 9.84 Å². The van der Waals surface area contributed by atoms with Crippen LogP contribution in [0.25, 0.3) is 11.1 Å². The molecular formula is C20H20F3NO3S. The van der Waals surface area contributed by atoms with E-state index in [9.17, 15) is 18.0 Å². The van der Waals surface area contributed by atoms with Gasteiger partial charge in [0, 0.05) is 22.9 Å². The maximum absolute atomic E-state index is 13.1. The Bertz CT molecular complexity index is 853. The average molecular weight is 411 g/mol. The van der Waals surface area contributed by atoms with Crippen LogP contribution in [0.3, 0.4) is 0 Å². The van der Waals surface area contributed by atoms with Gasteiger partial charge in [-0.1, -0.05) is 26.0 Å². The van der Waals surface area contributed by atoms with Crippen LogP contribution in [-0.2, 0) is 11.0 Å². The van der Waals surface area contributed by atoms with Crippen LogP contribution in [0, 0.1) is 11.8 Å². The van der Waals surface area contributed by atoms with Gasteiger partial charge in [-0.15, -0.1) is 11.8 Å². The van der Waals surface area contributed by atoms with Crippen molar-refractivity contribution in [2.45, 2.75) is 36.7 Å². The van der Waals surface area contributed by atoms with E-state index in [2.05, 4.69) is 4.98 Å². The molecule has 1 heterocycles. The minimum atomic E-state index is -4.46. The number of hydrogen-bond donors (Lipinski definition) is 1. The second-order valence-electron chi connectivity index (χ2n) is 7.02. The lowest BCUT2D eigenvalue weighted by Crippen LogP contribution is -2.07. The summed E-state index contributed by atoms with van der Waals surface area (Å²) >= 11 is 1.40. The van der Waals surface area contributed by atoms with E-state index < -0.39 is 17.7 Å². The lowest BCUT2D eigenvalue weighted by molar-refractivity contribution is -0.139. The van der Waals surface area contributed by atoms with E-state index in [1.807, 2.05) is 13.8 Å². The predicted octanol–water partition coefficient (Wildman–Crippen LogP) is 5.37. The fourth-order valence-corrected chi connectivity index (χ4v) is 3.66. The van der Waals surface area contributed by atoms with Crippen LogP contribution in [0.1, 0.15) is 25.8 Å². The maximum Gasteiger partial charge on any atom is 0.417 e. The summed E-state index contributed by atoms with van der Waals surface area (Å²) in [5, 5.41) is 9.62. The van der Waals surface area contributed by atoms with Crippen LogP contribution >= 0.6 is 11.8 Å². The molecule has 1 saturated carbocycles. The first-order valence-electron chi connectivity index (χ1n) is 8.85. The molecule has 1 aromatic carbocycles. The number of thioether (sulfide) groups is 1. The minimum absolute atomic E-state index is 0.0129. The Labute approximate surface area is 165 Å².